The molecule has 1 aromatic carbocycles. The molecule has 0 bridgehead atoms. The van der Waals surface area contributed by atoms with Crippen LogP contribution < -0.4 is 0 Å². The molecule has 0 aromatic heterocycles. The van der Waals surface area contributed by atoms with E-state index in [1.807, 2.05) is 12.1 Å². The Kier molecular flexibility index (Phi) is 7.19. The number of hydrogen-bond acceptors (Lipinski definition) is 1. The predicted octanol–water partition coefficient (Wildman–Crippen LogP) is 7.07. The zero-order valence-corrected chi connectivity index (χ0v) is 18.6. The highest BCUT2D eigenvalue weighted by atomic mass is 35.5. The van der Waals surface area contributed by atoms with Gasteiger partial charge < -0.3 is 4.90 Å². The van der Waals surface area contributed by atoms with Crippen molar-refractivity contribution in [1.29, 1.82) is 0 Å². The molecule has 3 heteroatoms. The van der Waals surface area contributed by atoms with E-state index in [2.05, 4.69) is 45.6 Å². The van der Waals surface area contributed by atoms with Crippen LogP contribution in [0.4, 0.5) is 4.39 Å². The average Bonchev–Trinajstić information content (AvgIpc) is 2.53. The van der Waals surface area contributed by atoms with E-state index in [0.717, 1.165) is 32.4 Å². The highest BCUT2D eigenvalue weighted by Gasteiger charge is 2.34. The summed E-state index contributed by atoms with van der Waals surface area (Å²) < 4.78 is 14.1. The summed E-state index contributed by atoms with van der Waals surface area (Å²) in [5.74, 6) is 0.400. The van der Waals surface area contributed by atoms with Crippen molar-refractivity contribution in [2.75, 3.05) is 19.6 Å². The van der Waals surface area contributed by atoms with Crippen LogP contribution in [0.3, 0.4) is 0 Å². The summed E-state index contributed by atoms with van der Waals surface area (Å²) in [7, 11) is 0. The second kappa shape index (κ2) is 8.66. The quantitative estimate of drug-likeness (QED) is 0.528. The van der Waals surface area contributed by atoms with Crippen LogP contribution in [0.25, 0.3) is 5.57 Å². The minimum atomic E-state index is -0.0883. The van der Waals surface area contributed by atoms with Crippen LogP contribution in [-0.4, -0.2) is 24.5 Å². The Balaban J connectivity index is 0.00000261. The van der Waals surface area contributed by atoms with Crippen molar-refractivity contribution in [2.24, 2.45) is 10.8 Å². The van der Waals surface area contributed by atoms with E-state index < -0.39 is 0 Å². The van der Waals surface area contributed by atoms with Gasteiger partial charge in [0.15, 0.2) is 0 Å². The molecule has 1 fully saturated rings. The Morgan fingerprint density at radius 3 is 2.37 bits per heavy atom. The van der Waals surface area contributed by atoms with Gasteiger partial charge in [0.05, 0.1) is 0 Å². The molecule has 1 nitrogen and oxygen atoms in total. The number of nitrogens with zero attached hydrogens (tertiary/aromatic N) is 1. The second-order valence-electron chi connectivity index (χ2n) is 10.0. The highest BCUT2D eigenvalue weighted by molar-refractivity contribution is 5.85. The van der Waals surface area contributed by atoms with E-state index in [1.165, 1.54) is 36.1 Å². The third kappa shape index (κ3) is 5.57. The van der Waals surface area contributed by atoms with Crippen molar-refractivity contribution in [3.8, 4) is 0 Å². The minimum absolute atomic E-state index is 0. The molecule has 0 radical (unpaired) electrons. The van der Waals surface area contributed by atoms with Gasteiger partial charge in [-0.3, -0.25) is 0 Å². The van der Waals surface area contributed by atoms with Crippen molar-refractivity contribution >= 4 is 18.0 Å². The van der Waals surface area contributed by atoms with Gasteiger partial charge in [0.1, 0.15) is 5.82 Å². The van der Waals surface area contributed by atoms with Gasteiger partial charge in [-0.2, -0.15) is 0 Å². The lowest BCUT2D eigenvalue weighted by Gasteiger charge is -2.40. The van der Waals surface area contributed by atoms with Crippen LogP contribution in [0.1, 0.15) is 83.8 Å². The summed E-state index contributed by atoms with van der Waals surface area (Å²) in [6.07, 6.45) is 8.26. The van der Waals surface area contributed by atoms with Gasteiger partial charge in [0, 0.05) is 0 Å². The number of hydrogen-bond donors (Lipinski definition) is 0. The first-order valence-corrected chi connectivity index (χ1v) is 10.4. The van der Waals surface area contributed by atoms with E-state index in [4.69, 9.17) is 0 Å². The highest BCUT2D eigenvalue weighted by Crippen LogP contribution is 2.48. The van der Waals surface area contributed by atoms with Gasteiger partial charge in [-0.1, -0.05) is 46.8 Å². The molecular weight excluding hydrogens is 357 g/mol. The van der Waals surface area contributed by atoms with E-state index >= 15 is 0 Å². The number of halogens is 2. The maximum atomic E-state index is 14.1. The smallest absolute Gasteiger partial charge is 0.123 e. The van der Waals surface area contributed by atoms with E-state index in [9.17, 15) is 4.39 Å². The topological polar surface area (TPSA) is 3.24 Å². The van der Waals surface area contributed by atoms with Gasteiger partial charge >= 0.3 is 0 Å². The number of rotatable bonds is 4. The fourth-order valence-corrected chi connectivity index (χ4v) is 5.51. The maximum absolute atomic E-state index is 14.1. The molecule has 1 aliphatic carbocycles. The Morgan fingerprint density at radius 2 is 1.78 bits per heavy atom. The molecule has 0 unspecified atom stereocenters. The van der Waals surface area contributed by atoms with Crippen molar-refractivity contribution in [2.45, 2.75) is 72.6 Å². The van der Waals surface area contributed by atoms with Gasteiger partial charge in [-0.15, -0.1) is 12.4 Å². The first kappa shape index (κ1) is 22.4. The summed E-state index contributed by atoms with van der Waals surface area (Å²) in [5, 5.41) is 0. The molecule has 0 N–H and O–H groups in total. The Hall–Kier alpha value is -0.860. The van der Waals surface area contributed by atoms with Crippen molar-refractivity contribution in [3.63, 3.8) is 0 Å². The molecule has 0 amide bonds. The molecule has 2 aliphatic rings. The lowest BCUT2D eigenvalue weighted by Crippen LogP contribution is -2.33. The summed E-state index contributed by atoms with van der Waals surface area (Å²) in [5.41, 5.74) is 4.48. The molecule has 1 aliphatic heterocycles. The first-order chi connectivity index (χ1) is 12.2. The molecule has 0 saturated carbocycles. The lowest BCUT2D eigenvalue weighted by molar-refractivity contribution is 0.212. The van der Waals surface area contributed by atoms with Gasteiger partial charge in [-0.25, -0.2) is 4.39 Å². The largest absolute Gasteiger partial charge is 0.303 e. The Labute approximate surface area is 171 Å². The Morgan fingerprint density at radius 1 is 1.11 bits per heavy atom. The van der Waals surface area contributed by atoms with Crippen LogP contribution in [-0.2, 0) is 0 Å². The van der Waals surface area contributed by atoms with Crippen LogP contribution in [0.15, 0.2) is 24.3 Å². The fraction of sp³-hybridized carbons (Fsp3) is 0.667. The van der Waals surface area contributed by atoms with Crippen molar-refractivity contribution < 1.29 is 4.39 Å². The van der Waals surface area contributed by atoms with Gasteiger partial charge in [0.2, 0.25) is 0 Å². The predicted molar refractivity (Wildman–Crippen MR) is 117 cm³/mol. The van der Waals surface area contributed by atoms with E-state index in [0.29, 0.717) is 11.3 Å². The molecule has 1 heterocycles. The summed E-state index contributed by atoms with van der Waals surface area (Å²) in [4.78, 5) is 2.56. The SMILES string of the molecule is CCCN1CCC(c2cc(F)ccc2C2=CC(C)(C)CC(C)(C)C2)CC1.Cl. The second-order valence-corrected chi connectivity index (χ2v) is 10.0. The molecule has 0 atom stereocenters. The number of likely N-dealkylation sites (tertiary alicyclic amines) is 1. The Bertz CT molecular complexity index is 669. The minimum Gasteiger partial charge on any atom is -0.303 e. The standard InChI is InChI=1S/C24H36FN.ClH/c1-6-11-26-12-9-18(10-13-26)22-14-20(25)7-8-21(22)19-15-23(2,3)17-24(4,5)16-19;/h7-8,14-15,18H,6,9-13,16-17H2,1-5H3;1H. The average molecular weight is 394 g/mol. The fourth-order valence-electron chi connectivity index (χ4n) is 5.51. The zero-order chi connectivity index (χ0) is 18.9. The number of allylic oxidation sites excluding steroid dienone is 2. The van der Waals surface area contributed by atoms with Gasteiger partial charge in [0.25, 0.3) is 0 Å². The van der Waals surface area contributed by atoms with E-state index in [1.54, 1.807) is 6.07 Å². The summed E-state index contributed by atoms with van der Waals surface area (Å²) in [6.45, 7) is 15.1. The molecule has 27 heavy (non-hydrogen) atoms. The first-order valence-electron chi connectivity index (χ1n) is 10.4. The number of benzene rings is 1. The van der Waals surface area contributed by atoms with Crippen LogP contribution in [0.5, 0.6) is 0 Å². The van der Waals surface area contributed by atoms with E-state index in [-0.39, 0.29) is 23.6 Å². The van der Waals surface area contributed by atoms with Crippen LogP contribution in [0.2, 0.25) is 0 Å². The molecule has 3 rings (SSSR count). The number of piperidine rings is 1. The zero-order valence-electron chi connectivity index (χ0n) is 17.8. The molecule has 152 valence electrons. The summed E-state index contributed by atoms with van der Waals surface area (Å²) in [6, 6.07) is 5.53. The summed E-state index contributed by atoms with van der Waals surface area (Å²) >= 11 is 0. The lowest BCUT2D eigenvalue weighted by atomic mass is 9.65. The molecule has 0 spiro atoms. The van der Waals surface area contributed by atoms with Crippen molar-refractivity contribution in [3.05, 3.63) is 41.2 Å². The normalized spacial score (nSPS) is 22.8. The van der Waals surface area contributed by atoms with Crippen molar-refractivity contribution in [1.82, 2.24) is 4.90 Å². The maximum Gasteiger partial charge on any atom is 0.123 e. The monoisotopic (exact) mass is 393 g/mol. The van der Waals surface area contributed by atoms with Crippen LogP contribution in [0, 0.1) is 16.6 Å². The third-order valence-electron chi connectivity index (χ3n) is 6.09. The molecule has 1 aromatic rings. The molecular formula is C24H37ClFN. The van der Waals surface area contributed by atoms with Gasteiger partial charge in [-0.05, 0) is 97.3 Å². The van der Waals surface area contributed by atoms with Crippen LogP contribution >= 0.6 is 12.4 Å². The molecule has 1 saturated heterocycles. The third-order valence-corrected chi connectivity index (χ3v) is 6.09.